The number of nitrogens with two attached hydrogens (primary N) is 1. The molecule has 1 aliphatic carbocycles. The van der Waals surface area contributed by atoms with Gasteiger partial charge in [-0.2, -0.15) is 0 Å². The van der Waals surface area contributed by atoms with Crippen molar-refractivity contribution in [3.63, 3.8) is 0 Å². The number of hydrogen-bond donors (Lipinski definition) is 3. The molecular formula is C19H22ClFN4O2. The van der Waals surface area contributed by atoms with Crippen LogP contribution in [0.25, 0.3) is 11.1 Å². The number of anilines is 1. The van der Waals surface area contributed by atoms with E-state index in [1.807, 2.05) is 0 Å². The SMILES string of the molecule is COc1cc(F)ccc1-c1cc(NC(=O)NC2CCC(N)CC2)ncc1Cl. The van der Waals surface area contributed by atoms with E-state index in [4.69, 9.17) is 22.1 Å². The van der Waals surface area contributed by atoms with Crippen LogP contribution in [-0.2, 0) is 0 Å². The Morgan fingerprint density at radius 2 is 2.00 bits per heavy atom. The van der Waals surface area contributed by atoms with E-state index in [1.54, 1.807) is 12.1 Å². The number of urea groups is 1. The number of rotatable bonds is 4. The molecule has 1 heterocycles. The third-order valence-electron chi connectivity index (χ3n) is 4.66. The number of ether oxygens (including phenoxy) is 1. The molecular weight excluding hydrogens is 371 g/mol. The fourth-order valence-electron chi connectivity index (χ4n) is 3.20. The molecule has 27 heavy (non-hydrogen) atoms. The van der Waals surface area contributed by atoms with E-state index in [2.05, 4.69) is 15.6 Å². The molecule has 4 N–H and O–H groups in total. The fourth-order valence-corrected chi connectivity index (χ4v) is 3.41. The summed E-state index contributed by atoms with van der Waals surface area (Å²) >= 11 is 6.25. The van der Waals surface area contributed by atoms with Crippen molar-refractivity contribution in [3.8, 4) is 16.9 Å². The van der Waals surface area contributed by atoms with Gasteiger partial charge in [-0.25, -0.2) is 14.2 Å². The van der Waals surface area contributed by atoms with Crippen molar-refractivity contribution in [1.29, 1.82) is 0 Å². The standard InChI is InChI=1S/C19H22ClFN4O2/c1-27-17-8-11(21)2-7-14(17)15-9-18(23-10-16(15)20)25-19(26)24-13-5-3-12(22)4-6-13/h2,7-10,12-13H,3-6,22H2,1H3,(H2,23,24,25,26). The van der Waals surface area contributed by atoms with Crippen LogP contribution in [0.4, 0.5) is 15.0 Å². The lowest BCUT2D eigenvalue weighted by atomic mass is 9.92. The molecule has 2 amide bonds. The van der Waals surface area contributed by atoms with Crippen LogP contribution < -0.4 is 21.1 Å². The highest BCUT2D eigenvalue weighted by atomic mass is 35.5. The Morgan fingerprint density at radius 1 is 1.26 bits per heavy atom. The average Bonchev–Trinajstić information content (AvgIpc) is 2.65. The Morgan fingerprint density at radius 3 is 2.70 bits per heavy atom. The molecule has 8 heteroatoms. The molecule has 1 aromatic heterocycles. The molecule has 2 aromatic rings. The molecule has 0 spiro atoms. The summed E-state index contributed by atoms with van der Waals surface area (Å²) in [6.07, 6.45) is 4.97. The van der Waals surface area contributed by atoms with Crippen LogP contribution in [-0.4, -0.2) is 30.2 Å². The van der Waals surface area contributed by atoms with Gasteiger partial charge in [-0.1, -0.05) is 11.6 Å². The van der Waals surface area contributed by atoms with Gasteiger partial charge in [0, 0.05) is 35.5 Å². The topological polar surface area (TPSA) is 89.3 Å². The Balaban J connectivity index is 1.74. The summed E-state index contributed by atoms with van der Waals surface area (Å²) in [5, 5.41) is 6.03. The summed E-state index contributed by atoms with van der Waals surface area (Å²) in [5.74, 6) is 0.272. The van der Waals surface area contributed by atoms with Crippen LogP contribution in [0.2, 0.25) is 5.02 Å². The molecule has 1 aromatic carbocycles. The van der Waals surface area contributed by atoms with Gasteiger partial charge < -0.3 is 15.8 Å². The molecule has 0 saturated heterocycles. The van der Waals surface area contributed by atoms with Crippen molar-refractivity contribution in [2.24, 2.45) is 5.73 Å². The zero-order valence-corrected chi connectivity index (χ0v) is 15.7. The number of aromatic nitrogens is 1. The lowest BCUT2D eigenvalue weighted by molar-refractivity contribution is 0.242. The minimum absolute atomic E-state index is 0.105. The van der Waals surface area contributed by atoms with Crippen LogP contribution in [0.1, 0.15) is 25.7 Å². The first-order chi connectivity index (χ1) is 13.0. The van der Waals surface area contributed by atoms with Gasteiger partial charge in [0.05, 0.1) is 12.1 Å². The summed E-state index contributed by atoms with van der Waals surface area (Å²) < 4.78 is 18.7. The zero-order chi connectivity index (χ0) is 19.4. The fraction of sp³-hybridized carbons (Fsp3) is 0.368. The van der Waals surface area contributed by atoms with Crippen molar-refractivity contribution in [2.75, 3.05) is 12.4 Å². The van der Waals surface area contributed by atoms with Gasteiger partial charge in [0.2, 0.25) is 0 Å². The second kappa shape index (κ2) is 8.54. The van der Waals surface area contributed by atoms with Crippen LogP contribution >= 0.6 is 11.6 Å². The molecule has 1 fully saturated rings. The highest BCUT2D eigenvalue weighted by Crippen LogP contribution is 2.36. The second-order valence-electron chi connectivity index (χ2n) is 6.60. The van der Waals surface area contributed by atoms with E-state index in [1.165, 1.54) is 25.4 Å². The average molecular weight is 393 g/mol. The van der Waals surface area contributed by atoms with Gasteiger partial charge in [-0.3, -0.25) is 5.32 Å². The van der Waals surface area contributed by atoms with E-state index >= 15 is 0 Å². The number of hydrogen-bond acceptors (Lipinski definition) is 4. The van der Waals surface area contributed by atoms with E-state index in [0.29, 0.717) is 27.7 Å². The number of carbonyl (C=O) groups excluding carboxylic acids is 1. The molecule has 144 valence electrons. The monoisotopic (exact) mass is 392 g/mol. The summed E-state index contributed by atoms with van der Waals surface area (Å²) in [6.45, 7) is 0. The number of nitrogens with zero attached hydrogens (tertiary/aromatic N) is 1. The van der Waals surface area contributed by atoms with Crippen LogP contribution in [0, 0.1) is 5.82 Å². The first kappa shape index (κ1) is 19.4. The van der Waals surface area contributed by atoms with Crippen molar-refractivity contribution >= 4 is 23.4 Å². The van der Waals surface area contributed by atoms with Gasteiger partial charge >= 0.3 is 6.03 Å². The molecule has 1 aliphatic rings. The van der Waals surface area contributed by atoms with Gasteiger partial charge in [-0.15, -0.1) is 0 Å². The maximum Gasteiger partial charge on any atom is 0.320 e. The quantitative estimate of drug-likeness (QED) is 0.735. The van der Waals surface area contributed by atoms with E-state index in [0.717, 1.165) is 25.7 Å². The number of benzene rings is 1. The molecule has 0 atom stereocenters. The Hall–Kier alpha value is -2.38. The van der Waals surface area contributed by atoms with Crippen LogP contribution in [0.15, 0.2) is 30.5 Å². The first-order valence-corrected chi connectivity index (χ1v) is 9.16. The van der Waals surface area contributed by atoms with E-state index < -0.39 is 5.82 Å². The first-order valence-electron chi connectivity index (χ1n) is 8.79. The number of amides is 2. The predicted molar refractivity (Wildman–Crippen MR) is 104 cm³/mol. The third kappa shape index (κ3) is 4.87. The van der Waals surface area contributed by atoms with Crippen LogP contribution in [0.5, 0.6) is 5.75 Å². The number of pyridine rings is 1. The lowest BCUT2D eigenvalue weighted by Gasteiger charge is -2.26. The third-order valence-corrected chi connectivity index (χ3v) is 4.96. The molecule has 0 radical (unpaired) electrons. The second-order valence-corrected chi connectivity index (χ2v) is 7.01. The molecule has 0 unspecified atom stereocenters. The molecule has 0 aliphatic heterocycles. The number of nitrogens with one attached hydrogen (secondary N) is 2. The van der Waals surface area contributed by atoms with Gasteiger partial charge in [0.15, 0.2) is 0 Å². The highest BCUT2D eigenvalue weighted by molar-refractivity contribution is 6.33. The highest BCUT2D eigenvalue weighted by Gasteiger charge is 2.20. The molecule has 0 bridgehead atoms. The predicted octanol–water partition coefficient (Wildman–Crippen LogP) is 3.94. The van der Waals surface area contributed by atoms with E-state index in [9.17, 15) is 9.18 Å². The molecule has 3 rings (SSSR count). The normalized spacial score (nSPS) is 19.4. The Kier molecular flexibility index (Phi) is 6.13. The molecule has 1 saturated carbocycles. The summed E-state index contributed by atoms with van der Waals surface area (Å²) in [6, 6.07) is 5.80. The number of carbonyl (C=O) groups is 1. The minimum atomic E-state index is -0.411. The largest absolute Gasteiger partial charge is 0.496 e. The van der Waals surface area contributed by atoms with Crippen molar-refractivity contribution in [2.45, 2.75) is 37.8 Å². The summed E-state index contributed by atoms with van der Waals surface area (Å²) in [7, 11) is 1.45. The Bertz CT molecular complexity index is 825. The minimum Gasteiger partial charge on any atom is -0.496 e. The number of halogens is 2. The smallest absolute Gasteiger partial charge is 0.320 e. The summed E-state index contributed by atoms with van der Waals surface area (Å²) in [4.78, 5) is 16.4. The van der Waals surface area contributed by atoms with Crippen molar-refractivity contribution in [3.05, 3.63) is 41.3 Å². The zero-order valence-electron chi connectivity index (χ0n) is 15.0. The van der Waals surface area contributed by atoms with E-state index in [-0.39, 0.29) is 18.1 Å². The van der Waals surface area contributed by atoms with Gasteiger partial charge in [-0.05, 0) is 43.9 Å². The maximum atomic E-state index is 13.5. The van der Waals surface area contributed by atoms with Crippen LogP contribution in [0.3, 0.4) is 0 Å². The number of methoxy groups -OCH3 is 1. The van der Waals surface area contributed by atoms with Crippen molar-refractivity contribution in [1.82, 2.24) is 10.3 Å². The lowest BCUT2D eigenvalue weighted by Crippen LogP contribution is -2.42. The van der Waals surface area contributed by atoms with Gasteiger partial charge in [0.25, 0.3) is 0 Å². The van der Waals surface area contributed by atoms with Crippen molar-refractivity contribution < 1.29 is 13.9 Å². The maximum absolute atomic E-state index is 13.5. The van der Waals surface area contributed by atoms with Gasteiger partial charge in [0.1, 0.15) is 17.4 Å². The Labute approximate surface area is 162 Å². The summed E-state index contributed by atoms with van der Waals surface area (Å²) in [5.41, 5.74) is 7.08. The molecule has 6 nitrogen and oxygen atoms in total.